The van der Waals surface area contributed by atoms with E-state index in [0.29, 0.717) is 5.11 Å². The van der Waals surface area contributed by atoms with Crippen LogP contribution < -0.4 is 15.5 Å². The Bertz CT molecular complexity index is 1380. The number of hydrogen-bond donors (Lipinski definition) is 2. The van der Waals surface area contributed by atoms with Crippen LogP contribution in [0.25, 0.3) is 5.69 Å². The zero-order valence-electron chi connectivity index (χ0n) is 20.6. The Balaban J connectivity index is 1.54. The van der Waals surface area contributed by atoms with Crippen LogP contribution in [0, 0.1) is 12.8 Å². The van der Waals surface area contributed by atoms with Gasteiger partial charge in [0.1, 0.15) is 0 Å². The minimum atomic E-state index is -0.119. The summed E-state index contributed by atoms with van der Waals surface area (Å²) in [5, 5.41) is 7.17. The van der Waals surface area contributed by atoms with E-state index in [4.69, 9.17) is 12.2 Å². The number of pyridine rings is 1. The number of rotatable bonds is 6. The maximum absolute atomic E-state index is 12.3. The molecule has 4 aromatic rings. The Morgan fingerprint density at radius 2 is 1.81 bits per heavy atom. The van der Waals surface area contributed by atoms with Gasteiger partial charge in [0.25, 0.3) is 0 Å². The fraction of sp³-hybridized carbons (Fsp3) is 0.207. The van der Waals surface area contributed by atoms with Crippen molar-refractivity contribution in [1.82, 2.24) is 14.9 Å². The van der Waals surface area contributed by atoms with Crippen molar-refractivity contribution in [3.63, 3.8) is 0 Å². The Kier molecular flexibility index (Phi) is 6.57. The number of aryl methyl sites for hydroxylation is 1. The summed E-state index contributed by atoms with van der Waals surface area (Å²) in [6, 6.07) is 24.2. The molecule has 1 aliphatic rings. The molecule has 2 unspecified atom stereocenters. The number of anilines is 2. The van der Waals surface area contributed by atoms with E-state index >= 15 is 0 Å². The number of benzene rings is 2. The maximum Gasteiger partial charge on any atom is 0.226 e. The second-order valence-corrected chi connectivity index (χ2v) is 9.71. The second kappa shape index (κ2) is 9.95. The zero-order chi connectivity index (χ0) is 25.2. The van der Waals surface area contributed by atoms with Gasteiger partial charge in [0, 0.05) is 41.6 Å². The molecule has 0 radical (unpaired) electrons. The van der Waals surface area contributed by atoms with Crippen LogP contribution in [0.4, 0.5) is 11.4 Å². The van der Waals surface area contributed by atoms with Gasteiger partial charge in [-0.25, -0.2) is 0 Å². The molecular formula is C29H29N5OS. The fourth-order valence-electron chi connectivity index (χ4n) is 4.54. The van der Waals surface area contributed by atoms with Crippen molar-refractivity contribution in [2.24, 2.45) is 5.92 Å². The number of nitrogens with one attached hydrogen (secondary N) is 2. The summed E-state index contributed by atoms with van der Waals surface area (Å²) in [4.78, 5) is 19.0. The van der Waals surface area contributed by atoms with Crippen LogP contribution >= 0.6 is 12.2 Å². The first kappa shape index (κ1) is 23.8. The highest BCUT2D eigenvalue weighted by atomic mass is 32.1. The van der Waals surface area contributed by atoms with E-state index in [9.17, 15) is 4.79 Å². The fourth-order valence-corrected chi connectivity index (χ4v) is 4.88. The lowest BCUT2D eigenvalue weighted by Gasteiger charge is -2.28. The number of carbonyl (C=O) groups is 1. The number of amides is 1. The van der Waals surface area contributed by atoms with Crippen LogP contribution in [-0.2, 0) is 4.79 Å². The molecule has 5 rings (SSSR count). The normalized spacial score (nSPS) is 17.3. The minimum Gasteiger partial charge on any atom is -0.351 e. The highest BCUT2D eigenvalue weighted by Crippen LogP contribution is 2.42. The molecule has 1 fully saturated rings. The molecule has 2 atom stereocenters. The molecule has 0 spiro atoms. The minimum absolute atomic E-state index is 0.000413. The summed E-state index contributed by atoms with van der Waals surface area (Å²) in [5.74, 6) is -0.0869. The molecule has 6 nitrogen and oxygen atoms in total. The molecule has 2 aromatic carbocycles. The maximum atomic E-state index is 12.3. The smallest absolute Gasteiger partial charge is 0.226 e. The molecule has 0 saturated carbocycles. The lowest BCUT2D eigenvalue weighted by Crippen LogP contribution is -2.29. The Labute approximate surface area is 217 Å². The molecule has 1 amide bonds. The van der Waals surface area contributed by atoms with Gasteiger partial charge in [-0.3, -0.25) is 9.78 Å². The van der Waals surface area contributed by atoms with E-state index in [-0.39, 0.29) is 23.9 Å². The molecule has 1 aliphatic heterocycles. The lowest BCUT2D eigenvalue weighted by atomic mass is 9.98. The van der Waals surface area contributed by atoms with Crippen molar-refractivity contribution in [2.45, 2.75) is 32.9 Å². The molecule has 36 heavy (non-hydrogen) atoms. The largest absolute Gasteiger partial charge is 0.351 e. The summed E-state index contributed by atoms with van der Waals surface area (Å²) in [7, 11) is 0. The van der Waals surface area contributed by atoms with Gasteiger partial charge in [0.15, 0.2) is 5.11 Å². The zero-order valence-corrected chi connectivity index (χ0v) is 21.4. The van der Waals surface area contributed by atoms with E-state index < -0.39 is 0 Å². The van der Waals surface area contributed by atoms with Crippen molar-refractivity contribution in [2.75, 3.05) is 10.2 Å². The van der Waals surface area contributed by atoms with Crippen LogP contribution in [0.2, 0.25) is 0 Å². The predicted octanol–water partition coefficient (Wildman–Crippen LogP) is 5.95. The molecule has 7 heteroatoms. The third-order valence-corrected chi connectivity index (χ3v) is 6.79. The summed E-state index contributed by atoms with van der Waals surface area (Å²) in [6.45, 7) is 5.78. The Morgan fingerprint density at radius 3 is 2.50 bits per heavy atom. The quantitative estimate of drug-likeness (QED) is 0.324. The van der Waals surface area contributed by atoms with E-state index in [1.807, 2.05) is 75.5 Å². The van der Waals surface area contributed by atoms with Gasteiger partial charge in [0.05, 0.1) is 17.8 Å². The highest BCUT2D eigenvalue weighted by Gasteiger charge is 2.41. The van der Waals surface area contributed by atoms with Crippen molar-refractivity contribution in [1.29, 1.82) is 0 Å². The van der Waals surface area contributed by atoms with Crippen LogP contribution in [-0.4, -0.2) is 20.6 Å². The number of para-hydroxylation sites is 1. The Morgan fingerprint density at radius 1 is 1.03 bits per heavy atom. The van der Waals surface area contributed by atoms with Crippen molar-refractivity contribution < 1.29 is 4.79 Å². The van der Waals surface area contributed by atoms with Crippen LogP contribution in [0.3, 0.4) is 0 Å². The molecule has 182 valence electrons. The van der Waals surface area contributed by atoms with Crippen molar-refractivity contribution in [3.05, 3.63) is 108 Å². The molecule has 3 heterocycles. The molecule has 2 aromatic heterocycles. The molecule has 0 aliphatic carbocycles. The molecular weight excluding hydrogens is 466 g/mol. The highest BCUT2D eigenvalue weighted by molar-refractivity contribution is 7.80. The molecule has 2 N–H and O–H groups in total. The summed E-state index contributed by atoms with van der Waals surface area (Å²) in [6.07, 6.45) is 6.05. The molecule has 0 bridgehead atoms. The predicted molar refractivity (Wildman–Crippen MR) is 148 cm³/mol. The monoisotopic (exact) mass is 495 g/mol. The second-order valence-electron chi connectivity index (χ2n) is 9.33. The van der Waals surface area contributed by atoms with Gasteiger partial charge < -0.3 is 20.1 Å². The number of nitrogens with zero attached hydrogens (tertiary/aromatic N) is 3. The average Bonchev–Trinajstić information content (AvgIpc) is 3.51. The van der Waals surface area contributed by atoms with Crippen LogP contribution in [0.1, 0.15) is 42.8 Å². The van der Waals surface area contributed by atoms with Gasteiger partial charge in [-0.05, 0) is 78.8 Å². The number of thiocarbonyl (C=S) groups is 1. The lowest BCUT2D eigenvalue weighted by molar-refractivity contribution is -0.118. The third kappa shape index (κ3) is 4.62. The van der Waals surface area contributed by atoms with Gasteiger partial charge in [-0.2, -0.15) is 0 Å². The Hall–Kier alpha value is -3.97. The number of carbonyl (C=O) groups excluding carboxylic acids is 1. The first-order valence-electron chi connectivity index (χ1n) is 12.1. The standard InChI is InChI=1S/C29H29N5OS/c1-19(2)28(35)31-24-13-12-23(17-20(24)3)34-27(26(32-29(34)36)25-11-7-8-15-30-25)21-14-16-33(18-21)22-9-5-4-6-10-22/h4-19,26-27H,1-3H3,(H,31,35)(H,32,36). The number of aromatic nitrogens is 2. The topological polar surface area (TPSA) is 62.2 Å². The van der Waals surface area contributed by atoms with Gasteiger partial charge in [-0.15, -0.1) is 0 Å². The van der Waals surface area contributed by atoms with Gasteiger partial charge >= 0.3 is 0 Å². The first-order valence-corrected chi connectivity index (χ1v) is 12.5. The van der Waals surface area contributed by atoms with E-state index in [1.165, 1.54) is 0 Å². The summed E-state index contributed by atoms with van der Waals surface area (Å²) in [5.41, 5.74) is 5.89. The van der Waals surface area contributed by atoms with Crippen molar-refractivity contribution >= 4 is 34.6 Å². The van der Waals surface area contributed by atoms with Crippen molar-refractivity contribution in [3.8, 4) is 5.69 Å². The third-order valence-electron chi connectivity index (χ3n) is 6.48. The van der Waals surface area contributed by atoms with E-state index in [1.54, 1.807) is 0 Å². The summed E-state index contributed by atoms with van der Waals surface area (Å²) < 4.78 is 2.13. The van der Waals surface area contributed by atoms with E-state index in [0.717, 1.165) is 33.9 Å². The molecule has 1 saturated heterocycles. The first-order chi connectivity index (χ1) is 17.4. The van der Waals surface area contributed by atoms with Crippen LogP contribution in [0.15, 0.2) is 91.4 Å². The average molecular weight is 496 g/mol. The SMILES string of the molecule is Cc1cc(N2C(=S)NC(c3ccccn3)C2c2ccn(-c3ccccc3)c2)ccc1NC(=O)C(C)C. The van der Waals surface area contributed by atoms with E-state index in [2.05, 4.69) is 61.7 Å². The van der Waals surface area contributed by atoms with Crippen LogP contribution in [0.5, 0.6) is 0 Å². The van der Waals surface area contributed by atoms with Gasteiger partial charge in [-0.1, -0.05) is 38.1 Å². The van der Waals surface area contributed by atoms with Gasteiger partial charge in [0.2, 0.25) is 5.91 Å². The number of hydrogen-bond acceptors (Lipinski definition) is 3. The summed E-state index contributed by atoms with van der Waals surface area (Å²) >= 11 is 5.87.